The van der Waals surface area contributed by atoms with E-state index >= 15 is 0 Å². The van der Waals surface area contributed by atoms with E-state index in [-0.39, 0.29) is 0 Å². The van der Waals surface area contributed by atoms with Gasteiger partial charge in [-0.15, -0.1) is 0 Å². The smallest absolute Gasteiger partial charge is 0.237 e. The quantitative estimate of drug-likeness (QED) is 0.682. The highest BCUT2D eigenvalue weighted by molar-refractivity contribution is 5.83. The first kappa shape index (κ1) is 14.7. The first-order chi connectivity index (χ1) is 8.47. The monoisotopic (exact) mass is 252 g/mol. The van der Waals surface area contributed by atoms with Crippen molar-refractivity contribution in [2.45, 2.75) is 58.0 Å². The van der Waals surface area contributed by atoms with Gasteiger partial charge in [0.2, 0.25) is 5.91 Å². The summed E-state index contributed by atoms with van der Waals surface area (Å²) in [6.45, 7) is 4.75. The number of primary amides is 1. The summed E-state index contributed by atoms with van der Waals surface area (Å²) >= 11 is 0. The molecule has 0 aliphatic rings. The van der Waals surface area contributed by atoms with Crippen molar-refractivity contribution in [3.63, 3.8) is 0 Å². The third-order valence-electron chi connectivity index (χ3n) is 3.18. The van der Waals surface area contributed by atoms with Gasteiger partial charge < -0.3 is 16.0 Å². The Kier molecular flexibility index (Phi) is 5.34. The minimum atomic E-state index is -0.888. The van der Waals surface area contributed by atoms with Crippen molar-refractivity contribution in [2.24, 2.45) is 11.5 Å². The van der Waals surface area contributed by atoms with E-state index in [2.05, 4.69) is 16.5 Å². The van der Waals surface area contributed by atoms with E-state index in [9.17, 15) is 4.79 Å². The molecule has 0 bridgehead atoms. The maximum atomic E-state index is 11.1. The van der Waals surface area contributed by atoms with Crippen molar-refractivity contribution in [1.29, 1.82) is 0 Å². The molecule has 1 rings (SSSR count). The third-order valence-corrected chi connectivity index (χ3v) is 3.18. The van der Waals surface area contributed by atoms with Gasteiger partial charge >= 0.3 is 0 Å². The van der Waals surface area contributed by atoms with Crippen LogP contribution in [0.15, 0.2) is 12.4 Å². The minimum absolute atomic E-state index is 0.434. The highest BCUT2D eigenvalue weighted by Gasteiger charge is 2.24. The predicted molar refractivity (Wildman–Crippen MR) is 71.9 cm³/mol. The fraction of sp³-hybridized carbons (Fsp3) is 0.692. The number of hydrogen-bond donors (Lipinski definition) is 2. The Morgan fingerprint density at radius 1 is 1.50 bits per heavy atom. The molecule has 0 aliphatic carbocycles. The van der Waals surface area contributed by atoms with E-state index < -0.39 is 11.4 Å². The summed E-state index contributed by atoms with van der Waals surface area (Å²) in [6.07, 6.45) is 8.43. The van der Waals surface area contributed by atoms with Crippen LogP contribution in [0.5, 0.6) is 0 Å². The van der Waals surface area contributed by atoms with E-state index in [1.54, 1.807) is 6.92 Å². The summed E-state index contributed by atoms with van der Waals surface area (Å²) in [6, 6.07) is 0. The van der Waals surface area contributed by atoms with Crippen molar-refractivity contribution in [3.8, 4) is 0 Å². The molecule has 5 nitrogen and oxygen atoms in total. The van der Waals surface area contributed by atoms with Crippen LogP contribution in [-0.2, 0) is 17.8 Å². The number of hydrogen-bond acceptors (Lipinski definition) is 3. The molecule has 0 aliphatic heterocycles. The van der Waals surface area contributed by atoms with Gasteiger partial charge in [-0.2, -0.15) is 0 Å². The normalized spacial score (nSPS) is 14.4. The zero-order valence-electron chi connectivity index (χ0n) is 11.4. The highest BCUT2D eigenvalue weighted by atomic mass is 16.1. The fourth-order valence-electron chi connectivity index (χ4n) is 1.89. The Morgan fingerprint density at radius 3 is 2.83 bits per heavy atom. The van der Waals surface area contributed by atoms with E-state index in [1.807, 2.05) is 12.4 Å². The van der Waals surface area contributed by atoms with Gasteiger partial charge in [0.1, 0.15) is 5.82 Å². The number of carbonyl (C=O) groups excluding carboxylic acids is 1. The van der Waals surface area contributed by atoms with Crippen LogP contribution >= 0.6 is 0 Å². The van der Waals surface area contributed by atoms with Crippen LogP contribution in [0, 0.1) is 0 Å². The molecule has 0 spiro atoms. The summed E-state index contributed by atoms with van der Waals surface area (Å²) in [5, 5.41) is 0. The Morgan fingerprint density at radius 2 is 2.22 bits per heavy atom. The molecule has 0 saturated carbocycles. The summed E-state index contributed by atoms with van der Waals surface area (Å²) in [7, 11) is 0. The number of carbonyl (C=O) groups is 1. The molecular formula is C13H24N4O. The van der Waals surface area contributed by atoms with Gasteiger partial charge in [0.15, 0.2) is 0 Å². The number of unbranched alkanes of at least 4 members (excludes halogenated alkanes) is 1. The Bertz CT molecular complexity index is 384. The van der Waals surface area contributed by atoms with Gasteiger partial charge in [-0.25, -0.2) is 4.98 Å². The average molecular weight is 252 g/mol. The maximum Gasteiger partial charge on any atom is 0.237 e. The first-order valence-corrected chi connectivity index (χ1v) is 6.56. The lowest BCUT2D eigenvalue weighted by Crippen LogP contribution is -2.49. The second-order valence-corrected chi connectivity index (χ2v) is 5.03. The standard InChI is InChI=1S/C13H24N4O/c1-3-6-11-16-8-10-17(11)9-5-4-7-13(2,15)12(14)18/h8,10H,3-7,9,15H2,1-2H3,(H2,14,18). The van der Waals surface area contributed by atoms with Gasteiger partial charge in [-0.05, 0) is 32.6 Å². The molecule has 5 heteroatoms. The van der Waals surface area contributed by atoms with Crippen molar-refractivity contribution in [1.82, 2.24) is 9.55 Å². The average Bonchev–Trinajstić information content (AvgIpc) is 2.72. The van der Waals surface area contributed by atoms with Crippen molar-refractivity contribution in [2.75, 3.05) is 0 Å². The predicted octanol–water partition coefficient (Wildman–Crippen LogP) is 1.21. The van der Waals surface area contributed by atoms with Crippen LogP contribution in [0.25, 0.3) is 0 Å². The Balaban J connectivity index is 2.34. The molecule has 1 aromatic heterocycles. The zero-order valence-corrected chi connectivity index (χ0v) is 11.4. The zero-order chi connectivity index (χ0) is 13.6. The molecule has 0 fully saturated rings. The lowest BCUT2D eigenvalue weighted by molar-refractivity contribution is -0.122. The molecular weight excluding hydrogens is 228 g/mol. The number of aryl methyl sites for hydroxylation is 2. The molecule has 0 radical (unpaired) electrons. The highest BCUT2D eigenvalue weighted by Crippen LogP contribution is 2.11. The third kappa shape index (κ3) is 4.14. The molecule has 0 aromatic carbocycles. The van der Waals surface area contributed by atoms with Crippen LogP contribution in [0.2, 0.25) is 0 Å². The Labute approximate surface area is 109 Å². The molecule has 4 N–H and O–H groups in total. The van der Waals surface area contributed by atoms with Crippen LogP contribution in [0.1, 0.15) is 45.4 Å². The molecule has 1 amide bonds. The fourth-order valence-corrected chi connectivity index (χ4v) is 1.89. The minimum Gasteiger partial charge on any atom is -0.368 e. The van der Waals surface area contributed by atoms with Crippen molar-refractivity contribution in [3.05, 3.63) is 18.2 Å². The number of imidazole rings is 1. The summed E-state index contributed by atoms with van der Waals surface area (Å²) in [4.78, 5) is 15.4. The molecule has 18 heavy (non-hydrogen) atoms. The van der Waals surface area contributed by atoms with Crippen molar-refractivity contribution >= 4 is 5.91 Å². The van der Waals surface area contributed by atoms with E-state index in [0.29, 0.717) is 6.42 Å². The largest absolute Gasteiger partial charge is 0.368 e. The van der Waals surface area contributed by atoms with Crippen molar-refractivity contribution < 1.29 is 4.79 Å². The van der Waals surface area contributed by atoms with Gasteiger partial charge in [0.05, 0.1) is 5.54 Å². The molecule has 1 unspecified atom stereocenters. The second-order valence-electron chi connectivity index (χ2n) is 5.03. The lowest BCUT2D eigenvalue weighted by Gasteiger charge is -2.20. The number of nitrogens with two attached hydrogens (primary N) is 2. The summed E-state index contributed by atoms with van der Waals surface area (Å²) in [5.41, 5.74) is 10.1. The summed E-state index contributed by atoms with van der Waals surface area (Å²) < 4.78 is 2.17. The molecule has 1 aromatic rings. The van der Waals surface area contributed by atoms with E-state index in [0.717, 1.165) is 38.1 Å². The van der Waals surface area contributed by atoms with Gasteiger partial charge in [-0.1, -0.05) is 6.92 Å². The van der Waals surface area contributed by atoms with Crippen LogP contribution in [-0.4, -0.2) is 21.0 Å². The van der Waals surface area contributed by atoms with Crippen LogP contribution in [0.4, 0.5) is 0 Å². The van der Waals surface area contributed by atoms with Gasteiger partial charge in [0.25, 0.3) is 0 Å². The molecule has 1 heterocycles. The van der Waals surface area contributed by atoms with Gasteiger partial charge in [0, 0.05) is 25.4 Å². The first-order valence-electron chi connectivity index (χ1n) is 6.56. The number of amides is 1. The number of rotatable bonds is 8. The second kappa shape index (κ2) is 6.54. The molecule has 1 atom stereocenters. The molecule has 102 valence electrons. The van der Waals surface area contributed by atoms with E-state index in [1.165, 1.54) is 0 Å². The van der Waals surface area contributed by atoms with E-state index in [4.69, 9.17) is 11.5 Å². The topological polar surface area (TPSA) is 86.9 Å². The maximum absolute atomic E-state index is 11.1. The lowest BCUT2D eigenvalue weighted by atomic mass is 9.95. The number of nitrogens with zero attached hydrogens (tertiary/aromatic N) is 2. The SMILES string of the molecule is CCCc1nccn1CCCCC(C)(N)C(N)=O. The van der Waals surface area contributed by atoms with Gasteiger partial charge in [-0.3, -0.25) is 4.79 Å². The molecule has 0 saturated heterocycles. The number of aromatic nitrogens is 2. The summed E-state index contributed by atoms with van der Waals surface area (Å²) in [5.74, 6) is 0.694. The van der Waals surface area contributed by atoms with Crippen LogP contribution in [0.3, 0.4) is 0 Å². The van der Waals surface area contributed by atoms with Crippen LogP contribution < -0.4 is 11.5 Å². The Hall–Kier alpha value is -1.36.